The van der Waals surface area contributed by atoms with Crippen molar-refractivity contribution in [2.75, 3.05) is 4.90 Å². The van der Waals surface area contributed by atoms with Crippen LogP contribution in [0.15, 0.2) is 84.1 Å². The number of anilines is 1. The number of allylic oxidation sites excluding steroid dienone is 1. The van der Waals surface area contributed by atoms with Crippen LogP contribution in [0.2, 0.25) is 0 Å². The van der Waals surface area contributed by atoms with Gasteiger partial charge in [-0.15, -0.1) is 0 Å². The van der Waals surface area contributed by atoms with Crippen LogP contribution in [0.3, 0.4) is 0 Å². The number of carbonyl (C=O) groups is 2. The van der Waals surface area contributed by atoms with E-state index in [4.69, 9.17) is 4.98 Å². The van der Waals surface area contributed by atoms with E-state index in [0.29, 0.717) is 5.13 Å². The summed E-state index contributed by atoms with van der Waals surface area (Å²) >= 11 is 1.39. The second-order valence-corrected chi connectivity index (χ2v) is 9.98. The van der Waals surface area contributed by atoms with Crippen LogP contribution in [0.5, 0.6) is 0 Å². The third kappa shape index (κ3) is 4.25. The molecule has 0 bridgehead atoms. The van der Waals surface area contributed by atoms with Gasteiger partial charge in [0, 0.05) is 0 Å². The van der Waals surface area contributed by atoms with E-state index in [1.807, 2.05) is 74.5 Å². The quantitative estimate of drug-likeness (QED) is 0.304. The van der Waals surface area contributed by atoms with E-state index >= 15 is 0 Å². The molecule has 5 nitrogen and oxygen atoms in total. The standard InChI is InChI=1S/C30H26N2O3S/c1-4-20-10-13-22(14-11-20)27-25(23(33)15-12-21-8-6-5-7-9-21)28(34)29(35)32(27)30-31-26-19(3)16-18(2)17-24(26)36-30/h5-17,27,34H,4H2,1-3H3/b15-12+. The van der Waals surface area contributed by atoms with Gasteiger partial charge in [-0.3, -0.25) is 14.5 Å². The number of carbonyl (C=O) groups excluding carboxylic acids is 2. The Bertz CT molecular complexity index is 1530. The smallest absolute Gasteiger partial charge is 0.296 e. The van der Waals surface area contributed by atoms with Crippen molar-refractivity contribution in [1.82, 2.24) is 4.98 Å². The van der Waals surface area contributed by atoms with Gasteiger partial charge in [0.2, 0.25) is 0 Å². The summed E-state index contributed by atoms with van der Waals surface area (Å²) in [6, 6.07) is 20.6. The Morgan fingerprint density at radius 2 is 1.81 bits per heavy atom. The topological polar surface area (TPSA) is 70.5 Å². The summed E-state index contributed by atoms with van der Waals surface area (Å²) in [6.45, 7) is 6.08. The number of aliphatic hydroxyl groups excluding tert-OH is 1. The van der Waals surface area contributed by atoms with Crippen LogP contribution in [0, 0.1) is 13.8 Å². The van der Waals surface area contributed by atoms with Crippen molar-refractivity contribution in [3.8, 4) is 0 Å². The number of ketones is 1. The predicted octanol–water partition coefficient (Wildman–Crippen LogP) is 6.66. The molecule has 1 aliphatic rings. The largest absolute Gasteiger partial charge is 0.503 e. The van der Waals surface area contributed by atoms with Gasteiger partial charge in [0.1, 0.15) is 0 Å². The zero-order valence-corrected chi connectivity index (χ0v) is 21.2. The van der Waals surface area contributed by atoms with Gasteiger partial charge in [-0.1, -0.05) is 85.0 Å². The number of nitrogens with zero attached hydrogens (tertiary/aromatic N) is 2. The molecule has 2 heterocycles. The highest BCUT2D eigenvalue weighted by Gasteiger charge is 2.45. The van der Waals surface area contributed by atoms with Gasteiger partial charge in [-0.05, 0) is 60.2 Å². The van der Waals surface area contributed by atoms with Crippen LogP contribution in [-0.2, 0) is 16.0 Å². The van der Waals surface area contributed by atoms with E-state index in [1.165, 1.54) is 22.3 Å². The minimum Gasteiger partial charge on any atom is -0.503 e. The van der Waals surface area contributed by atoms with Crippen LogP contribution in [0.1, 0.15) is 40.8 Å². The molecule has 1 atom stereocenters. The number of aromatic nitrogens is 1. The Morgan fingerprint density at radius 3 is 2.50 bits per heavy atom. The first kappa shape index (κ1) is 23.7. The van der Waals surface area contributed by atoms with Gasteiger partial charge < -0.3 is 5.11 Å². The third-order valence-corrected chi connectivity index (χ3v) is 7.43. The SMILES string of the molecule is CCc1ccc(C2C(C(=O)/C=C/c3ccccc3)=C(O)C(=O)N2c2nc3c(C)cc(C)cc3s2)cc1. The van der Waals surface area contributed by atoms with E-state index in [2.05, 4.69) is 13.0 Å². The van der Waals surface area contributed by atoms with Crippen molar-refractivity contribution in [3.05, 3.63) is 112 Å². The van der Waals surface area contributed by atoms with Gasteiger partial charge in [-0.25, -0.2) is 4.98 Å². The number of rotatable bonds is 6. The molecule has 1 aliphatic heterocycles. The van der Waals surface area contributed by atoms with E-state index in [9.17, 15) is 14.7 Å². The molecule has 0 spiro atoms. The molecule has 5 rings (SSSR count). The molecule has 3 aromatic carbocycles. The van der Waals surface area contributed by atoms with E-state index in [0.717, 1.165) is 44.5 Å². The lowest BCUT2D eigenvalue weighted by atomic mass is 9.94. The van der Waals surface area contributed by atoms with Crippen molar-refractivity contribution < 1.29 is 14.7 Å². The predicted molar refractivity (Wildman–Crippen MR) is 145 cm³/mol. The van der Waals surface area contributed by atoms with E-state index in [-0.39, 0.29) is 5.57 Å². The number of aliphatic hydroxyl groups is 1. The number of benzene rings is 3. The molecular weight excluding hydrogens is 468 g/mol. The molecule has 1 N–H and O–H groups in total. The summed E-state index contributed by atoms with van der Waals surface area (Å²) in [7, 11) is 0. The molecule has 1 aromatic heterocycles. The third-order valence-electron chi connectivity index (χ3n) is 6.43. The van der Waals surface area contributed by atoms with Crippen LogP contribution < -0.4 is 4.90 Å². The Hall–Kier alpha value is -4.03. The minimum atomic E-state index is -0.779. The summed E-state index contributed by atoms with van der Waals surface area (Å²) in [4.78, 5) is 33.1. The molecule has 4 aromatic rings. The Kier molecular flexibility index (Phi) is 6.29. The fourth-order valence-corrected chi connectivity index (χ4v) is 5.76. The number of hydrogen-bond acceptors (Lipinski definition) is 5. The van der Waals surface area contributed by atoms with Gasteiger partial charge in [0.05, 0.1) is 21.8 Å². The first-order chi connectivity index (χ1) is 17.4. The molecule has 6 heteroatoms. The van der Waals surface area contributed by atoms with Crippen LogP contribution in [-0.4, -0.2) is 21.8 Å². The Balaban J connectivity index is 1.62. The van der Waals surface area contributed by atoms with E-state index in [1.54, 1.807) is 6.08 Å². The first-order valence-corrected chi connectivity index (χ1v) is 12.7. The fraction of sp³-hybridized carbons (Fsp3) is 0.167. The maximum atomic E-state index is 13.4. The number of thiazole rings is 1. The molecule has 0 saturated heterocycles. The summed E-state index contributed by atoms with van der Waals surface area (Å²) in [5, 5.41) is 11.4. The number of hydrogen-bond donors (Lipinski definition) is 1. The monoisotopic (exact) mass is 494 g/mol. The number of amides is 1. The zero-order chi connectivity index (χ0) is 25.4. The highest BCUT2D eigenvalue weighted by atomic mass is 32.1. The van der Waals surface area contributed by atoms with Crippen molar-refractivity contribution in [3.63, 3.8) is 0 Å². The molecule has 36 heavy (non-hydrogen) atoms. The average molecular weight is 495 g/mol. The van der Waals surface area contributed by atoms with Crippen molar-refractivity contribution in [1.29, 1.82) is 0 Å². The molecule has 1 unspecified atom stereocenters. The fourth-order valence-electron chi connectivity index (χ4n) is 4.59. The highest BCUT2D eigenvalue weighted by Crippen LogP contribution is 2.44. The first-order valence-electron chi connectivity index (χ1n) is 11.9. The molecule has 0 aliphatic carbocycles. The lowest BCUT2D eigenvalue weighted by molar-refractivity contribution is -0.117. The summed E-state index contributed by atoms with van der Waals surface area (Å²) in [6.07, 6.45) is 3.98. The maximum absolute atomic E-state index is 13.4. The summed E-state index contributed by atoms with van der Waals surface area (Å²) in [5.74, 6) is -1.57. The van der Waals surface area contributed by atoms with E-state index < -0.39 is 23.5 Å². The zero-order valence-electron chi connectivity index (χ0n) is 20.4. The van der Waals surface area contributed by atoms with Gasteiger partial charge >= 0.3 is 0 Å². The molecular formula is C30H26N2O3S. The van der Waals surface area contributed by atoms with Crippen LogP contribution >= 0.6 is 11.3 Å². The van der Waals surface area contributed by atoms with Crippen LogP contribution in [0.4, 0.5) is 5.13 Å². The number of fused-ring (bicyclic) bond motifs is 1. The van der Waals surface area contributed by atoms with Crippen LogP contribution in [0.25, 0.3) is 16.3 Å². The molecule has 0 radical (unpaired) electrons. The van der Waals surface area contributed by atoms with Gasteiger partial charge in [0.25, 0.3) is 5.91 Å². The van der Waals surface area contributed by atoms with Crippen molar-refractivity contribution in [2.24, 2.45) is 0 Å². The maximum Gasteiger partial charge on any atom is 0.296 e. The molecule has 0 fully saturated rings. The lowest BCUT2D eigenvalue weighted by Gasteiger charge is -2.24. The van der Waals surface area contributed by atoms with Crippen molar-refractivity contribution in [2.45, 2.75) is 33.2 Å². The second-order valence-electron chi connectivity index (χ2n) is 8.97. The number of aryl methyl sites for hydroxylation is 3. The molecule has 180 valence electrons. The normalized spacial score (nSPS) is 16.0. The van der Waals surface area contributed by atoms with Crippen molar-refractivity contribution >= 4 is 44.5 Å². The molecule has 1 amide bonds. The lowest BCUT2D eigenvalue weighted by Crippen LogP contribution is -2.30. The molecule has 0 saturated carbocycles. The summed E-state index contributed by atoms with van der Waals surface area (Å²) < 4.78 is 0.957. The second kappa shape index (κ2) is 9.55. The minimum absolute atomic E-state index is 0.0589. The van der Waals surface area contributed by atoms with Gasteiger partial charge in [0.15, 0.2) is 16.7 Å². The summed E-state index contributed by atoms with van der Waals surface area (Å²) in [5.41, 5.74) is 5.74. The Morgan fingerprint density at radius 1 is 1.08 bits per heavy atom. The van der Waals surface area contributed by atoms with Gasteiger partial charge in [-0.2, -0.15) is 0 Å². The average Bonchev–Trinajstić information content (AvgIpc) is 3.42. The Labute approximate surface area is 214 Å². The highest BCUT2D eigenvalue weighted by molar-refractivity contribution is 7.22.